The van der Waals surface area contributed by atoms with Gasteiger partial charge in [-0.2, -0.15) is 0 Å². The lowest BCUT2D eigenvalue weighted by Crippen LogP contribution is -2.23. The first-order valence-electron chi connectivity index (χ1n) is 7.55. The molecule has 26 heavy (non-hydrogen) atoms. The van der Waals surface area contributed by atoms with Crippen molar-refractivity contribution >= 4 is 40.7 Å². The van der Waals surface area contributed by atoms with E-state index in [4.69, 9.17) is 27.6 Å². The van der Waals surface area contributed by atoms with Crippen LogP contribution in [0.4, 0.5) is 5.69 Å². The molecule has 0 saturated carbocycles. The van der Waals surface area contributed by atoms with E-state index in [-0.39, 0.29) is 23.6 Å². The third kappa shape index (κ3) is 4.22. The fraction of sp³-hybridized carbons (Fsp3) is 0.0556. The maximum absolute atomic E-state index is 12.4. The van der Waals surface area contributed by atoms with Crippen LogP contribution in [0.5, 0.6) is 0 Å². The monoisotopic (exact) mass is 389 g/mol. The lowest BCUT2D eigenvalue weighted by molar-refractivity contribution is 0.0947. The first-order chi connectivity index (χ1) is 12.5. The largest absolute Gasteiger partial charge is 0.467 e. The number of hydrogen-bond acceptors (Lipinski definition) is 4. The van der Waals surface area contributed by atoms with Gasteiger partial charge < -0.3 is 15.1 Å². The van der Waals surface area contributed by atoms with Crippen LogP contribution in [0.1, 0.15) is 26.5 Å². The van der Waals surface area contributed by atoms with E-state index in [9.17, 15) is 9.59 Å². The Morgan fingerprint density at radius 2 is 1.69 bits per heavy atom. The molecule has 0 radical (unpaired) electrons. The number of aromatic nitrogens is 1. The lowest BCUT2D eigenvalue weighted by Gasteiger charge is -2.10. The zero-order chi connectivity index (χ0) is 18.5. The lowest BCUT2D eigenvalue weighted by atomic mass is 10.1. The van der Waals surface area contributed by atoms with Gasteiger partial charge in [0.1, 0.15) is 5.76 Å². The Labute approximate surface area is 159 Å². The van der Waals surface area contributed by atoms with Gasteiger partial charge in [0.15, 0.2) is 0 Å². The minimum absolute atomic E-state index is 0.201. The van der Waals surface area contributed by atoms with Crippen molar-refractivity contribution in [1.29, 1.82) is 0 Å². The van der Waals surface area contributed by atoms with Crippen LogP contribution in [0.25, 0.3) is 0 Å². The predicted molar refractivity (Wildman–Crippen MR) is 98.5 cm³/mol. The number of pyridine rings is 1. The molecule has 2 amide bonds. The van der Waals surface area contributed by atoms with E-state index in [0.717, 1.165) is 0 Å². The smallest absolute Gasteiger partial charge is 0.257 e. The number of halogens is 2. The Kier molecular flexibility index (Phi) is 5.55. The average molecular weight is 390 g/mol. The minimum atomic E-state index is -0.479. The molecular formula is C18H13Cl2N3O3. The van der Waals surface area contributed by atoms with Crippen molar-refractivity contribution in [3.63, 3.8) is 0 Å². The Morgan fingerprint density at radius 3 is 2.35 bits per heavy atom. The van der Waals surface area contributed by atoms with Crippen molar-refractivity contribution < 1.29 is 14.0 Å². The van der Waals surface area contributed by atoms with Crippen LogP contribution in [0.3, 0.4) is 0 Å². The van der Waals surface area contributed by atoms with Gasteiger partial charge in [-0.1, -0.05) is 29.3 Å². The second kappa shape index (κ2) is 8.03. The summed E-state index contributed by atoms with van der Waals surface area (Å²) in [5, 5.41) is 5.94. The number of carbonyl (C=O) groups is 2. The summed E-state index contributed by atoms with van der Waals surface area (Å²) in [7, 11) is 0. The van der Waals surface area contributed by atoms with Crippen molar-refractivity contribution in [1.82, 2.24) is 10.3 Å². The molecule has 0 bridgehead atoms. The van der Waals surface area contributed by atoms with Gasteiger partial charge in [-0.3, -0.25) is 14.6 Å². The van der Waals surface area contributed by atoms with Crippen molar-refractivity contribution in [2.45, 2.75) is 6.54 Å². The van der Waals surface area contributed by atoms with E-state index in [2.05, 4.69) is 15.6 Å². The van der Waals surface area contributed by atoms with Crippen LogP contribution in [0, 0.1) is 0 Å². The Hall–Kier alpha value is -2.83. The highest BCUT2D eigenvalue weighted by Gasteiger charge is 2.14. The number of nitrogens with zero attached hydrogens (tertiary/aromatic N) is 1. The quantitative estimate of drug-likeness (QED) is 0.685. The molecule has 0 spiro atoms. The number of furan rings is 1. The number of hydrogen-bond donors (Lipinski definition) is 2. The van der Waals surface area contributed by atoms with Gasteiger partial charge in [0.2, 0.25) is 0 Å². The van der Waals surface area contributed by atoms with Gasteiger partial charge in [0, 0.05) is 12.4 Å². The van der Waals surface area contributed by atoms with E-state index in [1.54, 1.807) is 30.3 Å². The maximum atomic E-state index is 12.4. The number of rotatable bonds is 5. The normalized spacial score (nSPS) is 10.4. The number of amides is 2. The molecule has 0 aliphatic carbocycles. The van der Waals surface area contributed by atoms with Crippen LogP contribution < -0.4 is 10.6 Å². The molecule has 2 heterocycles. The van der Waals surface area contributed by atoms with Crippen LogP contribution in [-0.4, -0.2) is 16.8 Å². The van der Waals surface area contributed by atoms with Gasteiger partial charge in [-0.25, -0.2) is 0 Å². The summed E-state index contributed by atoms with van der Waals surface area (Å²) < 4.78 is 5.15. The fourth-order valence-electron chi connectivity index (χ4n) is 2.17. The Bertz CT molecular complexity index is 922. The summed E-state index contributed by atoms with van der Waals surface area (Å²) in [4.78, 5) is 28.6. The van der Waals surface area contributed by atoms with Gasteiger partial charge in [0.05, 0.1) is 39.7 Å². The molecular weight excluding hydrogens is 377 g/mol. The maximum Gasteiger partial charge on any atom is 0.257 e. The molecule has 8 heteroatoms. The van der Waals surface area contributed by atoms with Crippen LogP contribution in [-0.2, 0) is 6.54 Å². The zero-order valence-electron chi connectivity index (χ0n) is 13.3. The molecule has 0 aliphatic rings. The summed E-state index contributed by atoms with van der Waals surface area (Å²) >= 11 is 12.1. The number of para-hydroxylation sites is 1. The highest BCUT2D eigenvalue weighted by Crippen LogP contribution is 2.30. The Morgan fingerprint density at radius 1 is 1.00 bits per heavy atom. The van der Waals surface area contributed by atoms with Crippen LogP contribution >= 0.6 is 23.2 Å². The van der Waals surface area contributed by atoms with Crippen molar-refractivity contribution in [2.24, 2.45) is 0 Å². The van der Waals surface area contributed by atoms with Crippen LogP contribution in [0.2, 0.25) is 10.0 Å². The molecule has 0 fully saturated rings. The molecule has 0 atom stereocenters. The number of carbonyl (C=O) groups excluding carboxylic acids is 2. The molecule has 2 N–H and O–H groups in total. The molecule has 6 nitrogen and oxygen atoms in total. The number of nitrogens with one attached hydrogen (secondary N) is 2. The fourth-order valence-corrected chi connectivity index (χ4v) is 2.67. The second-order valence-corrected chi connectivity index (χ2v) is 6.09. The number of benzene rings is 1. The van der Waals surface area contributed by atoms with E-state index < -0.39 is 5.91 Å². The second-order valence-electron chi connectivity index (χ2n) is 5.28. The summed E-state index contributed by atoms with van der Waals surface area (Å²) in [6, 6.07) is 9.81. The molecule has 1 aromatic carbocycles. The highest BCUT2D eigenvalue weighted by molar-refractivity contribution is 6.40. The van der Waals surface area contributed by atoms with Gasteiger partial charge in [-0.05, 0) is 30.3 Å². The molecule has 2 aromatic heterocycles. The number of anilines is 1. The summed E-state index contributed by atoms with van der Waals surface area (Å²) in [6.07, 6.45) is 4.24. The third-order valence-electron chi connectivity index (χ3n) is 3.47. The van der Waals surface area contributed by atoms with Crippen molar-refractivity contribution in [3.05, 3.63) is 82.0 Å². The molecule has 0 aliphatic heterocycles. The first-order valence-corrected chi connectivity index (χ1v) is 8.31. The Balaban J connectivity index is 1.72. The SMILES string of the molecule is O=C(NCc1ccco1)c1cncc(C(=O)Nc2c(Cl)cccc2Cl)c1. The van der Waals surface area contributed by atoms with E-state index in [0.29, 0.717) is 21.5 Å². The zero-order valence-corrected chi connectivity index (χ0v) is 14.8. The van der Waals surface area contributed by atoms with Crippen LogP contribution in [0.15, 0.2) is 59.5 Å². The molecule has 0 unspecified atom stereocenters. The molecule has 132 valence electrons. The van der Waals surface area contributed by atoms with Gasteiger partial charge in [-0.15, -0.1) is 0 Å². The molecule has 3 rings (SSSR count). The van der Waals surface area contributed by atoms with Gasteiger partial charge in [0.25, 0.3) is 11.8 Å². The predicted octanol–water partition coefficient (Wildman–Crippen LogP) is 4.16. The van der Waals surface area contributed by atoms with Crippen molar-refractivity contribution in [3.8, 4) is 0 Å². The van der Waals surface area contributed by atoms with Crippen molar-refractivity contribution in [2.75, 3.05) is 5.32 Å². The summed E-state index contributed by atoms with van der Waals surface area (Å²) in [5.74, 6) is -0.235. The first kappa shape index (κ1) is 18.0. The average Bonchev–Trinajstić information content (AvgIpc) is 3.16. The third-order valence-corrected chi connectivity index (χ3v) is 4.10. The standard InChI is InChI=1S/C18H13Cl2N3O3/c19-14-4-1-5-15(20)16(14)23-18(25)12-7-11(8-21-9-12)17(24)22-10-13-3-2-6-26-13/h1-9H,10H2,(H,22,24)(H,23,25). The van der Waals surface area contributed by atoms with Gasteiger partial charge >= 0.3 is 0 Å². The van der Waals surface area contributed by atoms with E-state index in [1.165, 1.54) is 24.7 Å². The molecule has 0 saturated heterocycles. The summed E-state index contributed by atoms with van der Waals surface area (Å²) in [6.45, 7) is 0.234. The highest BCUT2D eigenvalue weighted by atomic mass is 35.5. The van der Waals surface area contributed by atoms with E-state index >= 15 is 0 Å². The summed E-state index contributed by atoms with van der Waals surface area (Å²) in [5.41, 5.74) is 0.745. The topological polar surface area (TPSA) is 84.2 Å². The van der Waals surface area contributed by atoms with E-state index in [1.807, 2.05) is 0 Å². The minimum Gasteiger partial charge on any atom is -0.467 e. The molecule has 3 aromatic rings.